The summed E-state index contributed by atoms with van der Waals surface area (Å²) in [6, 6.07) is 7.30. The van der Waals surface area contributed by atoms with Crippen LogP contribution in [0.1, 0.15) is 52.8 Å². The normalized spacial score (nSPS) is 9.82. The fraction of sp³-hybridized carbons (Fsp3) is 0.444. The van der Waals surface area contributed by atoms with E-state index in [9.17, 15) is 5.11 Å². The third kappa shape index (κ3) is 6.68. The van der Waals surface area contributed by atoms with Crippen molar-refractivity contribution in [1.29, 1.82) is 0 Å². The van der Waals surface area contributed by atoms with Gasteiger partial charge in [-0.2, -0.15) is 0 Å². The highest BCUT2D eigenvalue weighted by Gasteiger charge is 2.16. The third-order valence-corrected chi connectivity index (χ3v) is 2.52. The minimum atomic E-state index is -0.891. The quantitative estimate of drug-likeness (QED) is 0.880. The fourth-order valence-electron chi connectivity index (χ4n) is 1.49. The number of ether oxygens (including phenoxy) is 1. The number of benzene rings is 1. The van der Waals surface area contributed by atoms with E-state index >= 15 is 0 Å². The number of hydrogen-bond acceptors (Lipinski definition) is 4. The van der Waals surface area contributed by atoms with E-state index in [1.165, 1.54) is 0 Å². The molecule has 122 valence electrons. The smallest absolute Gasteiger partial charge is 0.237 e. The second-order valence-electron chi connectivity index (χ2n) is 4.68. The van der Waals surface area contributed by atoms with Crippen molar-refractivity contribution in [2.24, 2.45) is 0 Å². The molecule has 4 nitrogen and oxygen atoms in total. The molecule has 2 rings (SSSR count). The summed E-state index contributed by atoms with van der Waals surface area (Å²) >= 11 is 0. The van der Waals surface area contributed by atoms with E-state index in [-0.39, 0.29) is 0 Å². The molecule has 0 aliphatic heterocycles. The maximum absolute atomic E-state index is 9.93. The van der Waals surface area contributed by atoms with Crippen molar-refractivity contribution in [1.82, 2.24) is 9.97 Å². The van der Waals surface area contributed by atoms with Crippen LogP contribution in [0.2, 0.25) is 0 Å². The predicted molar refractivity (Wildman–Crippen MR) is 91.2 cm³/mol. The summed E-state index contributed by atoms with van der Waals surface area (Å²) in [5.41, 5.74) is 0.742. The lowest BCUT2D eigenvalue weighted by Crippen LogP contribution is -2.15. The lowest BCUT2D eigenvalue weighted by molar-refractivity contribution is 0.0784. The maximum atomic E-state index is 9.93. The van der Waals surface area contributed by atoms with Gasteiger partial charge in [-0.15, -0.1) is 0 Å². The summed E-state index contributed by atoms with van der Waals surface area (Å²) in [7, 11) is 0. The highest BCUT2D eigenvalue weighted by Crippen LogP contribution is 2.26. The van der Waals surface area contributed by atoms with Crippen LogP contribution in [0.4, 0.5) is 0 Å². The summed E-state index contributed by atoms with van der Waals surface area (Å²) in [5.74, 6) is 1.07. The molecule has 1 N–H and O–H groups in total. The molecular weight excluding hydrogens is 276 g/mol. The zero-order valence-corrected chi connectivity index (χ0v) is 14.7. The minimum absolute atomic E-state index is 0.438. The molecule has 1 aromatic carbocycles. The number of aryl methyl sites for hydroxylation is 1. The average molecular weight is 304 g/mol. The van der Waals surface area contributed by atoms with Crippen LogP contribution in [-0.4, -0.2) is 15.1 Å². The van der Waals surface area contributed by atoms with E-state index in [0.717, 1.165) is 11.3 Å². The van der Waals surface area contributed by atoms with Crippen LogP contribution in [0.5, 0.6) is 11.6 Å². The molecular formula is C18H28N2O2. The number of hydrogen-bond donors (Lipinski definition) is 1. The van der Waals surface area contributed by atoms with Crippen LogP contribution in [0.15, 0.2) is 36.7 Å². The molecule has 2 aromatic rings. The number of rotatable bonds is 3. The Labute approximate surface area is 134 Å². The van der Waals surface area contributed by atoms with E-state index in [1.807, 2.05) is 52.8 Å². The van der Waals surface area contributed by atoms with Crippen LogP contribution < -0.4 is 4.74 Å². The maximum Gasteiger partial charge on any atom is 0.237 e. The zero-order valence-electron chi connectivity index (χ0n) is 14.7. The Balaban J connectivity index is 0.00000102. The lowest BCUT2D eigenvalue weighted by Gasteiger charge is -2.18. The van der Waals surface area contributed by atoms with Gasteiger partial charge in [-0.3, -0.25) is 4.98 Å². The van der Waals surface area contributed by atoms with Gasteiger partial charge in [0.05, 0.1) is 23.7 Å². The topological polar surface area (TPSA) is 55.2 Å². The van der Waals surface area contributed by atoms with Gasteiger partial charge in [-0.1, -0.05) is 39.8 Å². The van der Waals surface area contributed by atoms with E-state index in [0.29, 0.717) is 11.6 Å². The number of aromatic nitrogens is 2. The summed E-state index contributed by atoms with van der Waals surface area (Å²) in [6.45, 7) is 13.3. The van der Waals surface area contributed by atoms with Gasteiger partial charge in [0.1, 0.15) is 5.75 Å². The Hall–Kier alpha value is -1.94. The molecule has 1 heterocycles. The molecule has 4 heteroatoms. The summed E-state index contributed by atoms with van der Waals surface area (Å²) in [4.78, 5) is 8.23. The van der Waals surface area contributed by atoms with E-state index in [1.54, 1.807) is 32.3 Å². The molecule has 0 atom stereocenters. The van der Waals surface area contributed by atoms with E-state index in [2.05, 4.69) is 9.97 Å². The van der Waals surface area contributed by atoms with Gasteiger partial charge in [0.25, 0.3) is 0 Å². The van der Waals surface area contributed by atoms with E-state index in [4.69, 9.17) is 4.74 Å². The van der Waals surface area contributed by atoms with Crippen LogP contribution in [0, 0.1) is 6.92 Å². The SMILES string of the molecule is CC.CC.Cc1cnc(Oc2cccc(C(C)(C)O)c2)cn1. The van der Waals surface area contributed by atoms with Crippen molar-refractivity contribution in [3.8, 4) is 11.6 Å². The number of aliphatic hydroxyl groups is 1. The van der Waals surface area contributed by atoms with Crippen molar-refractivity contribution >= 4 is 0 Å². The summed E-state index contributed by atoms with van der Waals surface area (Å²) < 4.78 is 5.58. The molecule has 0 saturated heterocycles. The second kappa shape index (κ2) is 9.90. The van der Waals surface area contributed by atoms with Crippen molar-refractivity contribution in [3.05, 3.63) is 47.9 Å². The molecule has 0 aliphatic rings. The second-order valence-corrected chi connectivity index (χ2v) is 4.68. The van der Waals surface area contributed by atoms with Gasteiger partial charge in [0, 0.05) is 0 Å². The molecule has 0 aliphatic carbocycles. The Morgan fingerprint density at radius 1 is 1.00 bits per heavy atom. The lowest BCUT2D eigenvalue weighted by atomic mass is 9.98. The van der Waals surface area contributed by atoms with E-state index < -0.39 is 5.60 Å². The Kier molecular flexibility index (Phi) is 9.03. The molecule has 0 amide bonds. The van der Waals surface area contributed by atoms with Gasteiger partial charge < -0.3 is 9.84 Å². The van der Waals surface area contributed by atoms with Crippen molar-refractivity contribution < 1.29 is 9.84 Å². The van der Waals surface area contributed by atoms with Crippen LogP contribution in [-0.2, 0) is 5.60 Å². The molecule has 1 aromatic heterocycles. The minimum Gasteiger partial charge on any atom is -0.437 e. The first-order valence-corrected chi connectivity index (χ1v) is 7.74. The van der Waals surface area contributed by atoms with Crippen LogP contribution in [0.3, 0.4) is 0 Å². The molecule has 0 spiro atoms. The molecule has 0 fully saturated rings. The highest BCUT2D eigenvalue weighted by atomic mass is 16.5. The van der Waals surface area contributed by atoms with Gasteiger partial charge in [-0.05, 0) is 38.5 Å². The Morgan fingerprint density at radius 2 is 1.64 bits per heavy atom. The van der Waals surface area contributed by atoms with Gasteiger partial charge in [0.15, 0.2) is 0 Å². The summed E-state index contributed by atoms with van der Waals surface area (Å²) in [6.07, 6.45) is 3.22. The first-order chi connectivity index (χ1) is 10.4. The molecule has 0 bridgehead atoms. The molecule has 22 heavy (non-hydrogen) atoms. The van der Waals surface area contributed by atoms with Crippen molar-refractivity contribution in [2.75, 3.05) is 0 Å². The predicted octanol–water partition coefficient (Wildman–Crippen LogP) is 4.86. The third-order valence-electron chi connectivity index (χ3n) is 2.52. The zero-order chi connectivity index (χ0) is 17.2. The first kappa shape index (κ1) is 20.1. The Bertz CT molecular complexity index is 532. The van der Waals surface area contributed by atoms with Crippen molar-refractivity contribution in [2.45, 2.75) is 54.1 Å². The molecule has 0 radical (unpaired) electrons. The standard InChI is InChI=1S/C14H16N2O2.2C2H6/c1-10-8-16-13(9-15-10)18-12-6-4-5-11(7-12)14(2,3)17;2*1-2/h4-9,17H,1-3H3;2*1-2H3. The van der Waals surface area contributed by atoms with Gasteiger partial charge >= 0.3 is 0 Å². The fourth-order valence-corrected chi connectivity index (χ4v) is 1.49. The average Bonchev–Trinajstić information content (AvgIpc) is 2.53. The van der Waals surface area contributed by atoms with Crippen LogP contribution in [0.25, 0.3) is 0 Å². The van der Waals surface area contributed by atoms with Crippen LogP contribution >= 0.6 is 0 Å². The first-order valence-electron chi connectivity index (χ1n) is 7.74. The number of nitrogens with zero attached hydrogens (tertiary/aromatic N) is 2. The highest BCUT2D eigenvalue weighted by molar-refractivity contribution is 5.33. The Morgan fingerprint density at radius 3 is 2.14 bits per heavy atom. The van der Waals surface area contributed by atoms with Crippen molar-refractivity contribution in [3.63, 3.8) is 0 Å². The summed E-state index contributed by atoms with van der Waals surface area (Å²) in [5, 5.41) is 9.93. The molecule has 0 unspecified atom stereocenters. The monoisotopic (exact) mass is 304 g/mol. The molecule has 0 saturated carbocycles. The largest absolute Gasteiger partial charge is 0.437 e. The van der Waals surface area contributed by atoms with Gasteiger partial charge in [-0.25, -0.2) is 4.98 Å². The van der Waals surface area contributed by atoms with Gasteiger partial charge in [0.2, 0.25) is 5.88 Å².